The summed E-state index contributed by atoms with van der Waals surface area (Å²) in [6.07, 6.45) is -2.91. The van der Waals surface area contributed by atoms with E-state index in [9.17, 15) is 13.6 Å². The van der Waals surface area contributed by atoms with Crippen LogP contribution in [0.15, 0.2) is 15.9 Å². The second-order valence-electron chi connectivity index (χ2n) is 3.77. The number of hydrogen-bond donors (Lipinski definition) is 2. The van der Waals surface area contributed by atoms with Crippen molar-refractivity contribution < 1.29 is 18.7 Å². The topological polar surface area (TPSA) is 49.3 Å². The molecule has 0 spiro atoms. The molecule has 0 aliphatic carbocycles. The third kappa shape index (κ3) is 5.88. The number of carbonyl (C=O) groups excluding carboxylic acids is 1. The van der Waals surface area contributed by atoms with Crippen molar-refractivity contribution in [3.63, 3.8) is 0 Å². The van der Waals surface area contributed by atoms with Crippen molar-refractivity contribution >= 4 is 33.2 Å². The van der Waals surface area contributed by atoms with Crippen LogP contribution in [0, 0.1) is 0 Å². The fourth-order valence-electron chi connectivity index (χ4n) is 1.31. The van der Waals surface area contributed by atoms with Crippen LogP contribution in [0.5, 0.6) is 0 Å². The van der Waals surface area contributed by atoms with Gasteiger partial charge in [0.05, 0.1) is 3.79 Å². The lowest BCUT2D eigenvalue weighted by Crippen LogP contribution is -2.35. The van der Waals surface area contributed by atoms with Crippen LogP contribution < -0.4 is 5.32 Å². The van der Waals surface area contributed by atoms with Crippen molar-refractivity contribution in [3.8, 4) is 0 Å². The van der Waals surface area contributed by atoms with Gasteiger partial charge >= 0.3 is 0 Å². The number of thiophene rings is 1. The Balaban J connectivity index is 2.14. The minimum absolute atomic E-state index is 0.269. The third-order valence-corrected chi connectivity index (χ3v) is 3.94. The van der Waals surface area contributed by atoms with E-state index in [1.165, 1.54) is 4.88 Å². The van der Waals surface area contributed by atoms with Crippen LogP contribution in [0.1, 0.15) is 17.7 Å². The lowest BCUT2D eigenvalue weighted by Gasteiger charge is -2.10. The van der Waals surface area contributed by atoms with E-state index in [2.05, 4.69) is 21.2 Å². The van der Waals surface area contributed by atoms with Crippen LogP contribution in [0.4, 0.5) is 8.78 Å². The van der Waals surface area contributed by atoms with Gasteiger partial charge in [0.15, 0.2) is 0 Å². The molecule has 1 heterocycles. The van der Waals surface area contributed by atoms with Crippen LogP contribution in [0.25, 0.3) is 0 Å². The quantitative estimate of drug-likeness (QED) is 0.800. The van der Waals surface area contributed by atoms with Crippen LogP contribution in [-0.2, 0) is 11.2 Å². The number of carbonyl (C=O) groups is 1. The van der Waals surface area contributed by atoms with E-state index in [1.807, 2.05) is 12.1 Å². The zero-order chi connectivity index (χ0) is 13.5. The SMILES string of the molecule is O=C(CCCc1ccc(Br)s1)NCC(O)C(F)F. The van der Waals surface area contributed by atoms with Crippen LogP contribution in [0.2, 0.25) is 0 Å². The molecule has 1 unspecified atom stereocenters. The molecule has 0 aromatic carbocycles. The zero-order valence-corrected chi connectivity index (χ0v) is 11.9. The number of nitrogens with one attached hydrogen (secondary N) is 1. The average molecular weight is 342 g/mol. The van der Waals surface area contributed by atoms with Crippen LogP contribution >= 0.6 is 27.3 Å². The number of hydrogen-bond acceptors (Lipinski definition) is 3. The lowest BCUT2D eigenvalue weighted by atomic mass is 10.2. The van der Waals surface area contributed by atoms with Crippen molar-refractivity contribution in [2.75, 3.05) is 6.54 Å². The Morgan fingerprint density at radius 3 is 2.78 bits per heavy atom. The Hall–Kier alpha value is -0.530. The molecule has 0 saturated carbocycles. The highest BCUT2D eigenvalue weighted by Crippen LogP contribution is 2.23. The lowest BCUT2D eigenvalue weighted by molar-refractivity contribution is -0.122. The maximum absolute atomic E-state index is 12.0. The molecule has 0 aliphatic heterocycles. The van der Waals surface area contributed by atoms with E-state index in [-0.39, 0.29) is 12.3 Å². The van der Waals surface area contributed by atoms with Crippen LogP contribution in [0.3, 0.4) is 0 Å². The van der Waals surface area contributed by atoms with E-state index in [0.717, 1.165) is 10.2 Å². The standard InChI is InChI=1S/C11H14BrF2NO2S/c12-9-5-4-7(18-9)2-1-3-10(17)15-6-8(16)11(13)14/h4-5,8,11,16H,1-3,6H2,(H,15,17). The summed E-state index contributed by atoms with van der Waals surface area (Å²) < 4.78 is 24.9. The van der Waals surface area contributed by atoms with Crippen LogP contribution in [-0.4, -0.2) is 30.1 Å². The molecular weight excluding hydrogens is 328 g/mol. The monoisotopic (exact) mass is 341 g/mol. The molecule has 1 aromatic heterocycles. The van der Waals surface area contributed by atoms with Gasteiger partial charge in [0.2, 0.25) is 5.91 Å². The van der Waals surface area contributed by atoms with E-state index in [0.29, 0.717) is 6.42 Å². The van der Waals surface area contributed by atoms with Crippen molar-refractivity contribution in [2.45, 2.75) is 31.8 Å². The Bertz CT molecular complexity index is 387. The molecule has 0 aliphatic rings. The Kier molecular flexibility index (Phi) is 6.73. The first-order valence-electron chi connectivity index (χ1n) is 5.46. The molecule has 102 valence electrons. The highest BCUT2D eigenvalue weighted by atomic mass is 79.9. The van der Waals surface area contributed by atoms with Gasteiger partial charge in [0.1, 0.15) is 6.10 Å². The number of aliphatic hydroxyl groups is 1. The Morgan fingerprint density at radius 2 is 2.22 bits per heavy atom. The molecule has 0 bridgehead atoms. The first-order chi connectivity index (χ1) is 8.49. The van der Waals surface area contributed by atoms with Crippen molar-refractivity contribution in [1.29, 1.82) is 0 Å². The molecule has 1 atom stereocenters. The predicted octanol–water partition coefficient (Wildman–Crippen LogP) is 2.58. The van der Waals surface area contributed by atoms with Crippen molar-refractivity contribution in [2.24, 2.45) is 0 Å². The van der Waals surface area contributed by atoms with Gasteiger partial charge in [-0.1, -0.05) is 0 Å². The molecule has 0 saturated heterocycles. The van der Waals surface area contributed by atoms with Gasteiger partial charge in [0.25, 0.3) is 6.43 Å². The molecule has 0 fully saturated rings. The molecule has 0 radical (unpaired) electrons. The van der Waals surface area contributed by atoms with Gasteiger partial charge in [-0.3, -0.25) is 4.79 Å². The average Bonchev–Trinajstić information content (AvgIpc) is 2.71. The first kappa shape index (κ1) is 15.5. The van der Waals surface area contributed by atoms with Crippen molar-refractivity contribution in [3.05, 3.63) is 20.8 Å². The molecule has 1 amide bonds. The van der Waals surface area contributed by atoms with E-state index in [4.69, 9.17) is 5.11 Å². The number of halogens is 3. The molecular formula is C11H14BrF2NO2S. The summed E-state index contributed by atoms with van der Waals surface area (Å²) in [4.78, 5) is 12.5. The zero-order valence-electron chi connectivity index (χ0n) is 9.54. The summed E-state index contributed by atoms with van der Waals surface area (Å²) >= 11 is 4.96. The van der Waals surface area contributed by atoms with Crippen molar-refractivity contribution in [1.82, 2.24) is 5.32 Å². The number of rotatable bonds is 7. The number of amides is 1. The van der Waals surface area contributed by atoms with E-state index >= 15 is 0 Å². The number of aryl methyl sites for hydroxylation is 1. The maximum Gasteiger partial charge on any atom is 0.265 e. The highest BCUT2D eigenvalue weighted by Gasteiger charge is 2.17. The summed E-state index contributed by atoms with van der Waals surface area (Å²) in [7, 11) is 0. The van der Waals surface area contributed by atoms with Gasteiger partial charge in [-0.05, 0) is 40.9 Å². The van der Waals surface area contributed by atoms with E-state index in [1.54, 1.807) is 11.3 Å². The summed E-state index contributed by atoms with van der Waals surface area (Å²) in [5.74, 6) is -0.315. The summed E-state index contributed by atoms with van der Waals surface area (Å²) in [5.41, 5.74) is 0. The smallest absolute Gasteiger partial charge is 0.265 e. The first-order valence-corrected chi connectivity index (χ1v) is 7.07. The largest absolute Gasteiger partial charge is 0.385 e. The summed E-state index contributed by atoms with van der Waals surface area (Å²) in [6, 6.07) is 3.92. The van der Waals surface area contributed by atoms with Gasteiger partial charge in [-0.15, -0.1) is 11.3 Å². The predicted molar refractivity (Wildman–Crippen MR) is 70.0 cm³/mol. The Morgan fingerprint density at radius 1 is 1.50 bits per heavy atom. The summed E-state index contributed by atoms with van der Waals surface area (Å²) in [5, 5.41) is 11.1. The molecule has 7 heteroatoms. The highest BCUT2D eigenvalue weighted by molar-refractivity contribution is 9.11. The molecule has 3 nitrogen and oxygen atoms in total. The third-order valence-electron chi connectivity index (χ3n) is 2.26. The number of aliphatic hydroxyl groups excluding tert-OH is 1. The second kappa shape index (κ2) is 7.81. The normalized spacial score (nSPS) is 12.7. The minimum atomic E-state index is -2.83. The fraction of sp³-hybridized carbons (Fsp3) is 0.545. The fourth-order valence-corrected chi connectivity index (χ4v) is 2.83. The summed E-state index contributed by atoms with van der Waals surface area (Å²) in [6.45, 7) is -0.402. The molecule has 18 heavy (non-hydrogen) atoms. The second-order valence-corrected chi connectivity index (χ2v) is 6.31. The molecule has 1 rings (SSSR count). The molecule has 2 N–H and O–H groups in total. The maximum atomic E-state index is 12.0. The Labute approximate surface area is 116 Å². The minimum Gasteiger partial charge on any atom is -0.385 e. The number of alkyl halides is 2. The van der Waals surface area contributed by atoms with Gasteiger partial charge in [-0.25, -0.2) is 8.78 Å². The van der Waals surface area contributed by atoms with Gasteiger partial charge in [-0.2, -0.15) is 0 Å². The molecule has 1 aromatic rings. The van der Waals surface area contributed by atoms with Gasteiger partial charge in [0, 0.05) is 17.8 Å². The van der Waals surface area contributed by atoms with Gasteiger partial charge < -0.3 is 10.4 Å². The van der Waals surface area contributed by atoms with E-state index < -0.39 is 19.1 Å².